The molecule has 3 unspecified atom stereocenters. The lowest BCUT2D eigenvalue weighted by Crippen LogP contribution is -2.52. The van der Waals surface area contributed by atoms with E-state index < -0.39 is 0 Å². The van der Waals surface area contributed by atoms with E-state index in [0.29, 0.717) is 13.1 Å². The molecular formula is C15H19NO3S. The second kappa shape index (κ2) is 5.76. The molecule has 20 heavy (non-hydrogen) atoms. The maximum absolute atomic E-state index is 12.6. The zero-order chi connectivity index (χ0) is 14.1. The molecule has 4 nitrogen and oxygen atoms in total. The van der Waals surface area contributed by atoms with Gasteiger partial charge in [-0.25, -0.2) is 0 Å². The molecule has 108 valence electrons. The average Bonchev–Trinajstić information content (AvgIpc) is 2.89. The van der Waals surface area contributed by atoms with Gasteiger partial charge in [0.1, 0.15) is 0 Å². The summed E-state index contributed by atoms with van der Waals surface area (Å²) in [6.07, 6.45) is 0.532. The summed E-state index contributed by atoms with van der Waals surface area (Å²) < 4.78 is 5.59. The Balaban J connectivity index is 1.68. The smallest absolute Gasteiger partial charge is 0.236 e. The minimum atomic E-state index is -0.253. The number of aliphatic hydroxyl groups excluding tert-OH is 1. The predicted molar refractivity (Wildman–Crippen MR) is 77.8 cm³/mol. The monoisotopic (exact) mass is 293 g/mol. The second-order valence-corrected chi connectivity index (χ2v) is 6.66. The Kier molecular flexibility index (Phi) is 4.01. The Morgan fingerprint density at radius 3 is 3.00 bits per heavy atom. The van der Waals surface area contributed by atoms with Gasteiger partial charge in [0.25, 0.3) is 0 Å². The third-order valence-corrected chi connectivity index (χ3v) is 5.07. The van der Waals surface area contributed by atoms with Crippen LogP contribution in [0, 0.1) is 0 Å². The van der Waals surface area contributed by atoms with E-state index >= 15 is 0 Å². The average molecular weight is 293 g/mol. The van der Waals surface area contributed by atoms with Crippen molar-refractivity contribution in [2.24, 2.45) is 0 Å². The summed E-state index contributed by atoms with van der Waals surface area (Å²) in [5.41, 5.74) is 1.26. The number of thioether (sulfide) groups is 1. The Morgan fingerprint density at radius 2 is 2.25 bits per heavy atom. The maximum atomic E-state index is 12.6. The van der Waals surface area contributed by atoms with E-state index in [1.807, 2.05) is 24.0 Å². The molecule has 0 spiro atoms. The summed E-state index contributed by atoms with van der Waals surface area (Å²) in [6.45, 7) is 3.01. The number of carbonyl (C=O) groups excluding carboxylic acids is 1. The second-order valence-electron chi connectivity index (χ2n) is 5.41. The zero-order valence-electron chi connectivity index (χ0n) is 11.5. The number of nitrogens with zero attached hydrogens (tertiary/aromatic N) is 1. The van der Waals surface area contributed by atoms with Crippen molar-refractivity contribution in [1.29, 1.82) is 0 Å². The van der Waals surface area contributed by atoms with Crippen molar-refractivity contribution in [2.45, 2.75) is 35.7 Å². The molecule has 1 N–H and O–H groups in total. The van der Waals surface area contributed by atoms with Crippen LogP contribution in [-0.4, -0.2) is 53.1 Å². The van der Waals surface area contributed by atoms with E-state index in [1.165, 1.54) is 10.5 Å². The number of fused-ring (bicyclic) bond motifs is 1. The summed E-state index contributed by atoms with van der Waals surface area (Å²) in [5, 5.41) is 9.22. The number of ether oxygens (including phenoxy) is 1. The molecule has 1 saturated heterocycles. The van der Waals surface area contributed by atoms with Crippen LogP contribution in [0.15, 0.2) is 29.2 Å². The minimum absolute atomic E-state index is 0.0152. The molecule has 2 aliphatic rings. The van der Waals surface area contributed by atoms with Crippen molar-refractivity contribution in [2.75, 3.05) is 19.7 Å². The van der Waals surface area contributed by atoms with Gasteiger partial charge in [-0.15, -0.1) is 11.8 Å². The van der Waals surface area contributed by atoms with E-state index in [4.69, 9.17) is 4.74 Å². The molecule has 5 heteroatoms. The lowest BCUT2D eigenvalue weighted by atomic mass is 10.1. The Bertz CT molecular complexity index is 483. The van der Waals surface area contributed by atoms with Crippen LogP contribution in [0.5, 0.6) is 0 Å². The Hall–Kier alpha value is -1.04. The maximum Gasteiger partial charge on any atom is 0.236 e. The summed E-state index contributed by atoms with van der Waals surface area (Å²) >= 11 is 1.65. The van der Waals surface area contributed by atoms with E-state index in [2.05, 4.69) is 12.1 Å². The zero-order valence-corrected chi connectivity index (χ0v) is 12.3. The number of carbonyl (C=O) groups is 1. The molecular weight excluding hydrogens is 274 g/mol. The fraction of sp³-hybridized carbons (Fsp3) is 0.533. The molecule has 0 aromatic heterocycles. The SMILES string of the molecule is CC1CN(C(=O)C2Cc3ccccc3S2)CC(CO)O1. The van der Waals surface area contributed by atoms with Crippen LogP contribution in [0.25, 0.3) is 0 Å². The standard InChI is InChI=1S/C15H19NO3S/c1-10-7-16(8-12(9-17)19-10)15(18)14-6-11-4-2-3-5-13(11)20-14/h2-5,10,12,14,17H,6-9H2,1H3. The molecule has 2 aliphatic heterocycles. The number of aliphatic hydroxyl groups is 1. The van der Waals surface area contributed by atoms with Crippen molar-refractivity contribution in [1.82, 2.24) is 4.90 Å². The highest BCUT2D eigenvalue weighted by Crippen LogP contribution is 2.37. The molecule has 0 saturated carbocycles. The number of amides is 1. The molecule has 3 atom stereocenters. The molecule has 0 aliphatic carbocycles. The van der Waals surface area contributed by atoms with Crippen molar-refractivity contribution in [3.05, 3.63) is 29.8 Å². The van der Waals surface area contributed by atoms with Gasteiger partial charge < -0.3 is 14.7 Å². The first-order chi connectivity index (χ1) is 9.67. The van der Waals surface area contributed by atoms with Crippen LogP contribution in [0.1, 0.15) is 12.5 Å². The lowest BCUT2D eigenvalue weighted by Gasteiger charge is -2.37. The summed E-state index contributed by atoms with van der Waals surface area (Å²) in [6, 6.07) is 8.20. The van der Waals surface area contributed by atoms with Crippen molar-refractivity contribution in [3.8, 4) is 0 Å². The van der Waals surface area contributed by atoms with Gasteiger partial charge in [0, 0.05) is 18.0 Å². The highest BCUT2D eigenvalue weighted by atomic mass is 32.2. The van der Waals surface area contributed by atoms with Crippen LogP contribution < -0.4 is 0 Å². The van der Waals surface area contributed by atoms with Crippen LogP contribution in [0.2, 0.25) is 0 Å². The molecule has 1 aromatic rings. The minimum Gasteiger partial charge on any atom is -0.394 e. The van der Waals surface area contributed by atoms with Crippen molar-refractivity contribution in [3.63, 3.8) is 0 Å². The molecule has 1 aromatic carbocycles. The molecule has 3 rings (SSSR count). The number of morpholine rings is 1. The first-order valence-corrected chi connectivity index (χ1v) is 7.85. The third-order valence-electron chi connectivity index (χ3n) is 3.76. The van der Waals surface area contributed by atoms with Gasteiger partial charge in [0.05, 0.1) is 24.1 Å². The van der Waals surface area contributed by atoms with E-state index in [0.717, 1.165) is 6.42 Å². The van der Waals surface area contributed by atoms with E-state index in [-0.39, 0.29) is 30.0 Å². The van der Waals surface area contributed by atoms with Gasteiger partial charge in [0.15, 0.2) is 0 Å². The fourth-order valence-corrected chi connectivity index (χ4v) is 4.13. The van der Waals surface area contributed by atoms with Gasteiger partial charge >= 0.3 is 0 Å². The molecule has 1 fully saturated rings. The van der Waals surface area contributed by atoms with Crippen LogP contribution in [0.3, 0.4) is 0 Å². The van der Waals surface area contributed by atoms with Crippen molar-refractivity contribution >= 4 is 17.7 Å². The topological polar surface area (TPSA) is 49.8 Å². The number of hydrogen-bond donors (Lipinski definition) is 1. The first-order valence-electron chi connectivity index (χ1n) is 6.97. The van der Waals surface area contributed by atoms with Crippen molar-refractivity contribution < 1.29 is 14.6 Å². The molecule has 2 heterocycles. The first kappa shape index (κ1) is 13.9. The van der Waals surface area contributed by atoms with E-state index in [1.54, 1.807) is 11.8 Å². The lowest BCUT2D eigenvalue weighted by molar-refractivity contribution is -0.146. The Morgan fingerprint density at radius 1 is 1.45 bits per heavy atom. The quantitative estimate of drug-likeness (QED) is 0.893. The third kappa shape index (κ3) is 2.71. The van der Waals surface area contributed by atoms with Gasteiger partial charge in [-0.2, -0.15) is 0 Å². The van der Waals surface area contributed by atoms with E-state index in [9.17, 15) is 9.90 Å². The van der Waals surface area contributed by atoms with Crippen LogP contribution in [-0.2, 0) is 16.0 Å². The summed E-state index contributed by atoms with van der Waals surface area (Å²) in [4.78, 5) is 15.7. The summed E-state index contributed by atoms with van der Waals surface area (Å²) in [7, 11) is 0. The molecule has 1 amide bonds. The fourth-order valence-electron chi connectivity index (χ4n) is 2.85. The highest BCUT2D eigenvalue weighted by Gasteiger charge is 2.35. The normalized spacial score (nSPS) is 29.3. The Labute approximate surface area is 123 Å². The number of hydrogen-bond acceptors (Lipinski definition) is 4. The van der Waals surface area contributed by atoms with Crippen LogP contribution >= 0.6 is 11.8 Å². The highest BCUT2D eigenvalue weighted by molar-refractivity contribution is 8.01. The molecule has 0 bridgehead atoms. The number of rotatable bonds is 2. The van der Waals surface area contributed by atoms with Gasteiger partial charge in [0.2, 0.25) is 5.91 Å². The number of benzene rings is 1. The predicted octanol–water partition coefficient (Wildman–Crippen LogP) is 1.31. The largest absolute Gasteiger partial charge is 0.394 e. The van der Waals surface area contributed by atoms with Gasteiger partial charge in [-0.3, -0.25) is 4.79 Å². The molecule has 0 radical (unpaired) electrons. The van der Waals surface area contributed by atoms with Gasteiger partial charge in [-0.1, -0.05) is 18.2 Å². The van der Waals surface area contributed by atoms with Crippen LogP contribution in [0.4, 0.5) is 0 Å². The van der Waals surface area contributed by atoms with Gasteiger partial charge in [-0.05, 0) is 25.0 Å². The summed E-state index contributed by atoms with van der Waals surface area (Å²) in [5.74, 6) is 0.166.